The largest absolute Gasteiger partial charge is 0.492 e. The Labute approximate surface area is 90.9 Å². The molecule has 0 amide bonds. The van der Waals surface area contributed by atoms with Gasteiger partial charge in [-0.1, -0.05) is 13.5 Å². The summed E-state index contributed by atoms with van der Waals surface area (Å²) >= 11 is 0. The molecular formula is C11H19N3O. The molecule has 1 N–H and O–H groups in total. The monoisotopic (exact) mass is 209 g/mol. The van der Waals surface area contributed by atoms with Gasteiger partial charge >= 0.3 is 0 Å². The van der Waals surface area contributed by atoms with E-state index in [2.05, 4.69) is 23.9 Å². The summed E-state index contributed by atoms with van der Waals surface area (Å²) in [6, 6.07) is 0. The SMILES string of the molecule is C=C(OCC)c1c(CNCC)cnn1C. The number of ether oxygens (including phenoxy) is 1. The Balaban J connectivity index is 2.83. The minimum atomic E-state index is 0.630. The lowest BCUT2D eigenvalue weighted by Crippen LogP contribution is -2.13. The van der Waals surface area contributed by atoms with Gasteiger partial charge in [0.25, 0.3) is 0 Å². The lowest BCUT2D eigenvalue weighted by molar-refractivity contribution is 0.295. The minimum Gasteiger partial charge on any atom is -0.492 e. The molecule has 1 rings (SSSR count). The number of aryl methyl sites for hydroxylation is 1. The topological polar surface area (TPSA) is 39.1 Å². The van der Waals surface area contributed by atoms with Crippen LogP contribution in [0.2, 0.25) is 0 Å². The first-order chi connectivity index (χ1) is 7.20. The standard InChI is InChI=1S/C11H19N3O/c1-5-12-7-10-8-13-14(4)11(10)9(3)15-6-2/h8,12H,3,5-7H2,1-2,4H3. The van der Waals surface area contributed by atoms with Crippen LogP contribution in [0.5, 0.6) is 0 Å². The molecule has 1 aromatic rings. The molecule has 0 saturated heterocycles. The van der Waals surface area contributed by atoms with Crippen molar-refractivity contribution in [3.8, 4) is 0 Å². The molecule has 0 radical (unpaired) electrons. The van der Waals surface area contributed by atoms with Crippen molar-refractivity contribution >= 4 is 5.76 Å². The van der Waals surface area contributed by atoms with E-state index in [4.69, 9.17) is 4.74 Å². The highest BCUT2D eigenvalue weighted by molar-refractivity contribution is 5.57. The first-order valence-corrected chi connectivity index (χ1v) is 5.24. The highest BCUT2D eigenvalue weighted by atomic mass is 16.5. The van der Waals surface area contributed by atoms with E-state index in [0.717, 1.165) is 24.3 Å². The summed E-state index contributed by atoms with van der Waals surface area (Å²) in [5.74, 6) is 0.686. The van der Waals surface area contributed by atoms with Crippen LogP contribution >= 0.6 is 0 Å². The molecule has 0 aromatic carbocycles. The van der Waals surface area contributed by atoms with Crippen molar-refractivity contribution in [2.24, 2.45) is 7.05 Å². The molecule has 0 aliphatic heterocycles. The fraction of sp³-hybridized carbons (Fsp3) is 0.545. The van der Waals surface area contributed by atoms with Crippen molar-refractivity contribution in [2.45, 2.75) is 20.4 Å². The van der Waals surface area contributed by atoms with Gasteiger partial charge in [0, 0.05) is 19.2 Å². The van der Waals surface area contributed by atoms with E-state index in [-0.39, 0.29) is 0 Å². The Kier molecular flexibility index (Phi) is 4.37. The van der Waals surface area contributed by atoms with Crippen molar-refractivity contribution < 1.29 is 4.74 Å². The maximum atomic E-state index is 5.40. The maximum absolute atomic E-state index is 5.40. The van der Waals surface area contributed by atoms with Gasteiger partial charge in [-0.25, -0.2) is 0 Å². The predicted molar refractivity (Wildman–Crippen MR) is 61.2 cm³/mol. The smallest absolute Gasteiger partial charge is 0.137 e. The fourth-order valence-corrected chi connectivity index (χ4v) is 1.47. The quantitative estimate of drug-likeness (QED) is 0.722. The van der Waals surface area contributed by atoms with Gasteiger partial charge in [-0.2, -0.15) is 5.10 Å². The first kappa shape index (κ1) is 11.8. The second kappa shape index (κ2) is 5.56. The zero-order valence-corrected chi connectivity index (χ0v) is 9.71. The second-order valence-electron chi connectivity index (χ2n) is 3.28. The van der Waals surface area contributed by atoms with E-state index in [9.17, 15) is 0 Å². The molecule has 1 aromatic heterocycles. The molecule has 0 aliphatic rings. The Morgan fingerprint density at radius 3 is 2.93 bits per heavy atom. The zero-order chi connectivity index (χ0) is 11.3. The van der Waals surface area contributed by atoms with Crippen molar-refractivity contribution in [3.63, 3.8) is 0 Å². The van der Waals surface area contributed by atoms with Crippen LogP contribution in [0.15, 0.2) is 12.8 Å². The number of hydrogen-bond acceptors (Lipinski definition) is 3. The highest BCUT2D eigenvalue weighted by Crippen LogP contribution is 2.17. The van der Waals surface area contributed by atoms with Gasteiger partial charge in [-0.15, -0.1) is 0 Å². The summed E-state index contributed by atoms with van der Waals surface area (Å²) in [4.78, 5) is 0. The summed E-state index contributed by atoms with van der Waals surface area (Å²) in [6.45, 7) is 10.3. The number of rotatable bonds is 6. The van der Waals surface area contributed by atoms with Crippen LogP contribution in [0.3, 0.4) is 0 Å². The number of hydrogen-bond donors (Lipinski definition) is 1. The van der Waals surface area contributed by atoms with Gasteiger partial charge in [0.15, 0.2) is 0 Å². The normalized spacial score (nSPS) is 10.3. The third-order valence-electron chi connectivity index (χ3n) is 2.16. The van der Waals surface area contributed by atoms with E-state index in [1.54, 1.807) is 4.68 Å². The summed E-state index contributed by atoms with van der Waals surface area (Å²) in [5, 5.41) is 7.47. The van der Waals surface area contributed by atoms with Crippen molar-refractivity contribution in [1.29, 1.82) is 0 Å². The van der Waals surface area contributed by atoms with Gasteiger partial charge in [-0.3, -0.25) is 4.68 Å². The fourth-order valence-electron chi connectivity index (χ4n) is 1.47. The van der Waals surface area contributed by atoms with Crippen LogP contribution in [0.1, 0.15) is 25.1 Å². The zero-order valence-electron chi connectivity index (χ0n) is 9.71. The predicted octanol–water partition coefficient (Wildman–Crippen LogP) is 1.54. The van der Waals surface area contributed by atoms with Crippen molar-refractivity contribution in [1.82, 2.24) is 15.1 Å². The Morgan fingerprint density at radius 1 is 1.60 bits per heavy atom. The average Bonchev–Trinajstić information content (AvgIpc) is 2.57. The molecule has 0 unspecified atom stereocenters. The van der Waals surface area contributed by atoms with E-state index in [1.807, 2.05) is 20.2 Å². The van der Waals surface area contributed by atoms with E-state index < -0.39 is 0 Å². The average molecular weight is 209 g/mol. The van der Waals surface area contributed by atoms with Gasteiger partial charge in [0.05, 0.1) is 12.8 Å². The molecule has 4 heteroatoms. The van der Waals surface area contributed by atoms with Crippen molar-refractivity contribution in [3.05, 3.63) is 24.0 Å². The molecule has 84 valence electrons. The summed E-state index contributed by atoms with van der Waals surface area (Å²) in [7, 11) is 1.90. The summed E-state index contributed by atoms with van der Waals surface area (Å²) in [6.07, 6.45) is 1.85. The number of nitrogens with zero attached hydrogens (tertiary/aromatic N) is 2. The first-order valence-electron chi connectivity index (χ1n) is 5.24. The van der Waals surface area contributed by atoms with Crippen LogP contribution in [0.25, 0.3) is 5.76 Å². The molecular weight excluding hydrogens is 190 g/mol. The third kappa shape index (κ3) is 2.83. The van der Waals surface area contributed by atoms with Gasteiger partial charge in [-0.05, 0) is 13.5 Å². The Hall–Kier alpha value is -1.29. The highest BCUT2D eigenvalue weighted by Gasteiger charge is 2.11. The van der Waals surface area contributed by atoms with Crippen LogP contribution in [-0.4, -0.2) is 22.9 Å². The lowest BCUT2D eigenvalue weighted by Gasteiger charge is -2.10. The summed E-state index contributed by atoms with van der Waals surface area (Å²) < 4.78 is 7.20. The third-order valence-corrected chi connectivity index (χ3v) is 2.16. The molecule has 15 heavy (non-hydrogen) atoms. The van der Waals surface area contributed by atoms with E-state index >= 15 is 0 Å². The van der Waals surface area contributed by atoms with Crippen LogP contribution in [-0.2, 0) is 18.3 Å². The molecule has 0 aliphatic carbocycles. The van der Waals surface area contributed by atoms with Crippen LogP contribution in [0.4, 0.5) is 0 Å². The van der Waals surface area contributed by atoms with Crippen molar-refractivity contribution in [2.75, 3.05) is 13.2 Å². The maximum Gasteiger partial charge on any atom is 0.137 e. The van der Waals surface area contributed by atoms with E-state index in [1.165, 1.54) is 0 Å². The van der Waals surface area contributed by atoms with Crippen LogP contribution in [0, 0.1) is 0 Å². The molecule has 4 nitrogen and oxygen atoms in total. The molecule has 0 fully saturated rings. The Morgan fingerprint density at radius 2 is 2.33 bits per heavy atom. The Bertz CT molecular complexity index is 331. The van der Waals surface area contributed by atoms with Gasteiger partial charge in [0.2, 0.25) is 0 Å². The van der Waals surface area contributed by atoms with Gasteiger partial charge < -0.3 is 10.1 Å². The lowest BCUT2D eigenvalue weighted by atomic mass is 10.2. The summed E-state index contributed by atoms with van der Waals surface area (Å²) in [5.41, 5.74) is 2.09. The number of nitrogens with one attached hydrogen (secondary N) is 1. The van der Waals surface area contributed by atoms with Crippen LogP contribution < -0.4 is 5.32 Å². The molecule has 1 heterocycles. The number of aromatic nitrogens is 2. The van der Waals surface area contributed by atoms with Gasteiger partial charge in [0.1, 0.15) is 11.5 Å². The minimum absolute atomic E-state index is 0.630. The molecule has 0 atom stereocenters. The second-order valence-corrected chi connectivity index (χ2v) is 3.28. The van der Waals surface area contributed by atoms with E-state index in [0.29, 0.717) is 12.4 Å². The molecule has 0 bridgehead atoms. The molecule has 0 spiro atoms. The molecule has 0 saturated carbocycles.